The van der Waals surface area contributed by atoms with Crippen molar-refractivity contribution in [3.8, 4) is 5.75 Å². The molecule has 6 nitrogen and oxygen atoms in total. The van der Waals surface area contributed by atoms with Crippen LogP contribution in [-0.4, -0.2) is 27.2 Å². The fraction of sp³-hybridized carbons (Fsp3) is 0.250. The summed E-state index contributed by atoms with van der Waals surface area (Å²) in [7, 11) is 0. The Morgan fingerprint density at radius 2 is 1.95 bits per heavy atom. The van der Waals surface area contributed by atoms with Gasteiger partial charge in [-0.25, -0.2) is 4.79 Å². The zero-order valence-corrected chi connectivity index (χ0v) is 11.2. The first kappa shape index (κ1) is 14.9. The van der Waals surface area contributed by atoms with Crippen molar-refractivity contribution in [2.24, 2.45) is 5.92 Å². The zero-order valence-electron chi connectivity index (χ0n) is 10.4. The average Bonchev–Trinajstić information content (AvgIpc) is 2.30. The van der Waals surface area contributed by atoms with Gasteiger partial charge in [-0.2, -0.15) is 0 Å². The summed E-state index contributed by atoms with van der Waals surface area (Å²) in [6, 6.07) is 3.92. The minimum Gasteiger partial charge on any atom is -0.507 e. The summed E-state index contributed by atoms with van der Waals surface area (Å²) in [5.74, 6) is -2.04. The normalized spacial score (nSPS) is 10.1. The van der Waals surface area contributed by atoms with Crippen molar-refractivity contribution in [1.82, 2.24) is 5.32 Å². The SMILES string of the molecule is CC(C)C(=O)NC(=S)Nc1ccc(O)c(C(=O)O)c1. The van der Waals surface area contributed by atoms with E-state index < -0.39 is 5.97 Å². The van der Waals surface area contributed by atoms with E-state index in [-0.39, 0.29) is 28.3 Å². The van der Waals surface area contributed by atoms with E-state index in [0.717, 1.165) is 0 Å². The largest absolute Gasteiger partial charge is 0.507 e. The first-order valence-electron chi connectivity index (χ1n) is 5.49. The van der Waals surface area contributed by atoms with Crippen molar-refractivity contribution >= 4 is 34.9 Å². The molecule has 1 rings (SSSR count). The summed E-state index contributed by atoms with van der Waals surface area (Å²) in [6.07, 6.45) is 0. The molecule has 0 aromatic heterocycles. The number of rotatable bonds is 3. The van der Waals surface area contributed by atoms with E-state index in [4.69, 9.17) is 17.3 Å². The lowest BCUT2D eigenvalue weighted by Gasteiger charge is -2.11. The molecule has 0 atom stereocenters. The Morgan fingerprint density at radius 3 is 2.47 bits per heavy atom. The van der Waals surface area contributed by atoms with Crippen LogP contribution >= 0.6 is 12.2 Å². The van der Waals surface area contributed by atoms with Crippen LogP contribution in [0.4, 0.5) is 5.69 Å². The highest BCUT2D eigenvalue weighted by Gasteiger charge is 2.12. The van der Waals surface area contributed by atoms with Gasteiger partial charge in [0.05, 0.1) is 0 Å². The van der Waals surface area contributed by atoms with Gasteiger partial charge in [0.15, 0.2) is 5.11 Å². The number of anilines is 1. The van der Waals surface area contributed by atoms with E-state index in [1.807, 2.05) is 0 Å². The number of carboxylic acids is 1. The maximum Gasteiger partial charge on any atom is 0.339 e. The third kappa shape index (κ3) is 4.22. The number of thiocarbonyl (C=S) groups is 1. The van der Waals surface area contributed by atoms with Gasteiger partial charge in [0.2, 0.25) is 5.91 Å². The number of aromatic carboxylic acids is 1. The van der Waals surface area contributed by atoms with Crippen molar-refractivity contribution < 1.29 is 19.8 Å². The van der Waals surface area contributed by atoms with Gasteiger partial charge in [-0.15, -0.1) is 0 Å². The number of nitrogens with one attached hydrogen (secondary N) is 2. The molecule has 0 saturated carbocycles. The predicted molar refractivity (Wildman–Crippen MR) is 74.3 cm³/mol. The van der Waals surface area contributed by atoms with Crippen LogP contribution in [-0.2, 0) is 4.79 Å². The van der Waals surface area contributed by atoms with E-state index in [0.29, 0.717) is 5.69 Å². The first-order chi connectivity index (χ1) is 8.81. The lowest BCUT2D eigenvalue weighted by molar-refractivity contribution is -0.122. The Bertz CT molecular complexity index is 528. The van der Waals surface area contributed by atoms with Crippen molar-refractivity contribution in [3.63, 3.8) is 0 Å². The van der Waals surface area contributed by atoms with E-state index in [1.165, 1.54) is 18.2 Å². The smallest absolute Gasteiger partial charge is 0.339 e. The number of carbonyl (C=O) groups excluding carboxylic acids is 1. The number of carbonyl (C=O) groups is 2. The van der Waals surface area contributed by atoms with E-state index in [2.05, 4.69) is 10.6 Å². The predicted octanol–water partition coefficient (Wildman–Crippen LogP) is 1.56. The number of hydrogen-bond acceptors (Lipinski definition) is 4. The molecular weight excluding hydrogens is 268 g/mol. The lowest BCUT2D eigenvalue weighted by Crippen LogP contribution is -2.36. The molecule has 7 heteroatoms. The molecule has 0 saturated heterocycles. The molecule has 0 unspecified atom stereocenters. The summed E-state index contributed by atoms with van der Waals surface area (Å²) >= 11 is 4.92. The van der Waals surface area contributed by atoms with Gasteiger partial charge in [0, 0.05) is 11.6 Å². The topological polar surface area (TPSA) is 98.7 Å². The minimum atomic E-state index is -1.25. The molecule has 0 fully saturated rings. The molecule has 0 aliphatic rings. The molecule has 0 bridgehead atoms. The second kappa shape index (κ2) is 6.14. The maximum absolute atomic E-state index is 11.4. The number of phenols is 1. The highest BCUT2D eigenvalue weighted by atomic mass is 32.1. The summed E-state index contributed by atoms with van der Waals surface area (Å²) in [4.78, 5) is 22.2. The summed E-state index contributed by atoms with van der Waals surface area (Å²) in [5, 5.41) is 23.4. The van der Waals surface area contributed by atoms with Gasteiger partial charge in [-0.1, -0.05) is 13.8 Å². The monoisotopic (exact) mass is 282 g/mol. The third-order valence-electron chi connectivity index (χ3n) is 2.25. The van der Waals surface area contributed by atoms with Crippen LogP contribution in [0.15, 0.2) is 18.2 Å². The second-order valence-electron chi connectivity index (χ2n) is 4.14. The molecule has 1 aromatic carbocycles. The van der Waals surface area contributed by atoms with E-state index in [1.54, 1.807) is 13.8 Å². The Balaban J connectivity index is 2.78. The highest BCUT2D eigenvalue weighted by Crippen LogP contribution is 2.21. The maximum atomic E-state index is 11.4. The minimum absolute atomic E-state index is 0.0701. The van der Waals surface area contributed by atoms with Crippen molar-refractivity contribution in [3.05, 3.63) is 23.8 Å². The summed E-state index contributed by atoms with van der Waals surface area (Å²) in [5.41, 5.74) is 0.118. The fourth-order valence-corrected chi connectivity index (χ4v) is 1.42. The van der Waals surface area contributed by atoms with E-state index >= 15 is 0 Å². The van der Waals surface area contributed by atoms with Crippen LogP contribution in [0.3, 0.4) is 0 Å². The quantitative estimate of drug-likeness (QED) is 0.496. The second-order valence-corrected chi connectivity index (χ2v) is 4.54. The van der Waals surface area contributed by atoms with Crippen LogP contribution in [0.25, 0.3) is 0 Å². The number of hydrogen-bond donors (Lipinski definition) is 4. The van der Waals surface area contributed by atoms with Crippen LogP contribution in [0.2, 0.25) is 0 Å². The van der Waals surface area contributed by atoms with Gasteiger partial charge < -0.3 is 20.8 Å². The Morgan fingerprint density at radius 1 is 1.32 bits per heavy atom. The molecule has 0 aliphatic heterocycles. The van der Waals surface area contributed by atoms with Crippen molar-refractivity contribution in [2.45, 2.75) is 13.8 Å². The molecule has 1 aromatic rings. The molecule has 1 amide bonds. The molecule has 19 heavy (non-hydrogen) atoms. The molecule has 0 radical (unpaired) electrons. The van der Waals surface area contributed by atoms with Gasteiger partial charge in [0.1, 0.15) is 11.3 Å². The van der Waals surface area contributed by atoms with Crippen LogP contribution < -0.4 is 10.6 Å². The lowest BCUT2D eigenvalue weighted by atomic mass is 10.2. The molecule has 102 valence electrons. The number of benzene rings is 1. The molecule has 0 aliphatic carbocycles. The first-order valence-corrected chi connectivity index (χ1v) is 5.90. The standard InChI is InChI=1S/C12H14N2O4S/c1-6(2)10(16)14-12(19)13-7-3-4-9(15)8(5-7)11(17)18/h3-6,15H,1-2H3,(H,17,18)(H2,13,14,16,19). The third-order valence-corrected chi connectivity index (χ3v) is 2.45. The summed E-state index contributed by atoms with van der Waals surface area (Å²) in [6.45, 7) is 3.45. The van der Waals surface area contributed by atoms with Crippen molar-refractivity contribution in [2.75, 3.05) is 5.32 Å². The van der Waals surface area contributed by atoms with Crippen LogP contribution in [0.1, 0.15) is 24.2 Å². The molecule has 0 spiro atoms. The van der Waals surface area contributed by atoms with Gasteiger partial charge >= 0.3 is 5.97 Å². The summed E-state index contributed by atoms with van der Waals surface area (Å²) < 4.78 is 0. The Labute approximate surface area is 115 Å². The number of amides is 1. The molecule has 0 heterocycles. The number of aromatic hydroxyl groups is 1. The van der Waals surface area contributed by atoms with Gasteiger partial charge in [-0.3, -0.25) is 4.79 Å². The van der Waals surface area contributed by atoms with Crippen LogP contribution in [0.5, 0.6) is 5.75 Å². The Hall–Kier alpha value is -2.15. The molecule has 4 N–H and O–H groups in total. The van der Waals surface area contributed by atoms with E-state index in [9.17, 15) is 14.7 Å². The van der Waals surface area contributed by atoms with Crippen LogP contribution in [0, 0.1) is 5.92 Å². The highest BCUT2D eigenvalue weighted by molar-refractivity contribution is 7.80. The van der Waals surface area contributed by atoms with Crippen molar-refractivity contribution in [1.29, 1.82) is 0 Å². The zero-order chi connectivity index (χ0) is 14.6. The molecular formula is C12H14N2O4S. The van der Waals surface area contributed by atoms with Gasteiger partial charge in [-0.05, 0) is 30.4 Å². The average molecular weight is 282 g/mol. The van der Waals surface area contributed by atoms with Gasteiger partial charge in [0.25, 0.3) is 0 Å². The fourth-order valence-electron chi connectivity index (χ4n) is 1.20. The Kier molecular flexibility index (Phi) is 4.82. The number of carboxylic acid groups (broad SMARTS) is 1.